The largest absolute Gasteiger partial charge is 0.484 e. The van der Waals surface area contributed by atoms with Crippen LogP contribution in [0.15, 0.2) is 29.4 Å². The Labute approximate surface area is 131 Å². The van der Waals surface area contributed by atoms with Crippen LogP contribution in [0.25, 0.3) is 0 Å². The number of nitrogens with one attached hydrogen (secondary N) is 1. The molecule has 1 amide bonds. The van der Waals surface area contributed by atoms with Crippen molar-refractivity contribution in [2.45, 2.75) is 6.92 Å². The van der Waals surface area contributed by atoms with Gasteiger partial charge in [-0.05, 0) is 31.2 Å². The smallest absolute Gasteiger partial charge is 0.277 e. The third-order valence-electron chi connectivity index (χ3n) is 2.76. The SMILES string of the molecule is Cc1nn(C)c(F)c1/C=N\NC(=O)COc1ccc(Cl)cc1. The maximum absolute atomic E-state index is 13.6. The van der Waals surface area contributed by atoms with Crippen LogP contribution >= 0.6 is 11.6 Å². The average molecular weight is 325 g/mol. The number of hydrogen-bond donors (Lipinski definition) is 1. The molecule has 0 bridgehead atoms. The summed E-state index contributed by atoms with van der Waals surface area (Å²) in [5.41, 5.74) is 2.96. The Bertz CT molecular complexity index is 698. The molecule has 2 aromatic rings. The van der Waals surface area contributed by atoms with Crippen molar-refractivity contribution in [3.8, 4) is 5.75 Å². The van der Waals surface area contributed by atoms with Crippen LogP contribution in [0.4, 0.5) is 4.39 Å². The van der Waals surface area contributed by atoms with E-state index < -0.39 is 11.9 Å². The highest BCUT2D eigenvalue weighted by atomic mass is 35.5. The number of halogens is 2. The number of amides is 1. The lowest BCUT2D eigenvalue weighted by Crippen LogP contribution is -2.24. The van der Waals surface area contributed by atoms with Gasteiger partial charge in [0.1, 0.15) is 5.75 Å². The lowest BCUT2D eigenvalue weighted by atomic mass is 10.3. The summed E-state index contributed by atoms with van der Waals surface area (Å²) >= 11 is 5.74. The molecule has 0 atom stereocenters. The van der Waals surface area contributed by atoms with E-state index in [0.717, 1.165) is 4.68 Å². The Morgan fingerprint density at radius 2 is 2.18 bits per heavy atom. The van der Waals surface area contributed by atoms with Gasteiger partial charge in [0.15, 0.2) is 6.61 Å². The van der Waals surface area contributed by atoms with Gasteiger partial charge in [0, 0.05) is 12.1 Å². The van der Waals surface area contributed by atoms with Gasteiger partial charge in [0.25, 0.3) is 5.91 Å². The summed E-state index contributed by atoms with van der Waals surface area (Å²) in [7, 11) is 1.48. The Morgan fingerprint density at radius 1 is 1.50 bits per heavy atom. The maximum Gasteiger partial charge on any atom is 0.277 e. The second kappa shape index (κ2) is 7.04. The van der Waals surface area contributed by atoms with Gasteiger partial charge in [0.2, 0.25) is 5.95 Å². The zero-order chi connectivity index (χ0) is 16.1. The second-order valence-electron chi connectivity index (χ2n) is 4.45. The third kappa shape index (κ3) is 4.05. The van der Waals surface area contributed by atoms with Crippen LogP contribution in [-0.2, 0) is 11.8 Å². The van der Waals surface area contributed by atoms with E-state index >= 15 is 0 Å². The van der Waals surface area contributed by atoms with Gasteiger partial charge in [-0.1, -0.05) is 11.6 Å². The molecule has 6 nitrogen and oxygen atoms in total. The van der Waals surface area contributed by atoms with E-state index in [9.17, 15) is 9.18 Å². The fourth-order valence-corrected chi connectivity index (χ4v) is 1.80. The van der Waals surface area contributed by atoms with E-state index in [4.69, 9.17) is 16.3 Å². The molecule has 0 saturated carbocycles. The topological polar surface area (TPSA) is 68.5 Å². The fraction of sp³-hybridized carbons (Fsp3) is 0.214. The molecule has 0 unspecified atom stereocenters. The number of rotatable bonds is 5. The summed E-state index contributed by atoms with van der Waals surface area (Å²) in [5.74, 6) is -0.473. The quantitative estimate of drug-likeness (QED) is 0.676. The second-order valence-corrected chi connectivity index (χ2v) is 4.89. The van der Waals surface area contributed by atoms with Crippen molar-refractivity contribution in [1.29, 1.82) is 0 Å². The molecule has 0 spiro atoms. The Kier molecular flexibility index (Phi) is 5.11. The van der Waals surface area contributed by atoms with E-state index in [1.807, 2.05) is 0 Å². The molecule has 0 radical (unpaired) electrons. The van der Waals surface area contributed by atoms with Crippen molar-refractivity contribution in [3.05, 3.63) is 46.5 Å². The molecule has 1 aromatic carbocycles. The van der Waals surface area contributed by atoms with E-state index in [1.54, 1.807) is 31.2 Å². The van der Waals surface area contributed by atoms with Crippen molar-refractivity contribution in [2.75, 3.05) is 6.61 Å². The standard InChI is InChI=1S/C14H14ClFN4O2/c1-9-12(14(16)20(2)19-9)7-17-18-13(21)8-22-11-5-3-10(15)4-6-11/h3-7H,8H2,1-2H3,(H,18,21)/b17-7-. The van der Waals surface area contributed by atoms with Gasteiger partial charge in [-0.3, -0.25) is 4.79 Å². The number of aryl methyl sites for hydroxylation is 2. The van der Waals surface area contributed by atoms with Crippen LogP contribution in [0.3, 0.4) is 0 Å². The summed E-state index contributed by atoms with van der Waals surface area (Å²) < 4.78 is 20.0. The number of aromatic nitrogens is 2. The molecular weight excluding hydrogens is 311 g/mol. The molecule has 0 fully saturated rings. The number of benzene rings is 1. The summed E-state index contributed by atoms with van der Waals surface area (Å²) in [4.78, 5) is 11.6. The number of hydrazone groups is 1. The zero-order valence-electron chi connectivity index (χ0n) is 12.0. The normalized spacial score (nSPS) is 10.9. The van der Waals surface area contributed by atoms with Crippen molar-refractivity contribution in [2.24, 2.45) is 12.1 Å². The Balaban J connectivity index is 1.85. The van der Waals surface area contributed by atoms with E-state index in [0.29, 0.717) is 16.5 Å². The fourth-order valence-electron chi connectivity index (χ4n) is 1.67. The van der Waals surface area contributed by atoms with E-state index in [2.05, 4.69) is 15.6 Å². The molecule has 1 aromatic heterocycles. The van der Waals surface area contributed by atoms with E-state index in [-0.39, 0.29) is 12.2 Å². The summed E-state index contributed by atoms with van der Waals surface area (Å²) in [6.45, 7) is 1.43. The lowest BCUT2D eigenvalue weighted by Gasteiger charge is -2.04. The Morgan fingerprint density at radius 3 is 2.77 bits per heavy atom. The first-order valence-electron chi connectivity index (χ1n) is 6.36. The molecule has 1 heterocycles. The predicted octanol–water partition coefficient (Wildman–Crippen LogP) is 2.05. The van der Waals surface area contributed by atoms with Gasteiger partial charge >= 0.3 is 0 Å². The molecule has 8 heteroatoms. The highest BCUT2D eigenvalue weighted by molar-refractivity contribution is 6.30. The van der Waals surface area contributed by atoms with Gasteiger partial charge < -0.3 is 4.74 Å². The van der Waals surface area contributed by atoms with Gasteiger partial charge in [-0.25, -0.2) is 10.1 Å². The number of nitrogens with zero attached hydrogens (tertiary/aromatic N) is 3. The minimum atomic E-state index is -0.520. The zero-order valence-corrected chi connectivity index (χ0v) is 12.8. The molecule has 2 rings (SSSR count). The number of carbonyl (C=O) groups is 1. The van der Waals surface area contributed by atoms with Crippen LogP contribution in [0.5, 0.6) is 5.75 Å². The van der Waals surface area contributed by atoms with Crippen LogP contribution in [-0.4, -0.2) is 28.5 Å². The number of hydrogen-bond acceptors (Lipinski definition) is 4. The first kappa shape index (κ1) is 16.0. The molecule has 0 aliphatic carbocycles. The first-order valence-corrected chi connectivity index (χ1v) is 6.74. The molecule has 0 aliphatic heterocycles. The first-order chi connectivity index (χ1) is 10.5. The summed E-state index contributed by atoms with van der Waals surface area (Å²) in [6.07, 6.45) is 1.21. The minimum Gasteiger partial charge on any atom is -0.484 e. The minimum absolute atomic E-state index is 0.215. The molecule has 116 valence electrons. The molecule has 1 N–H and O–H groups in total. The van der Waals surface area contributed by atoms with E-state index in [1.165, 1.54) is 13.3 Å². The molecule has 22 heavy (non-hydrogen) atoms. The third-order valence-corrected chi connectivity index (χ3v) is 3.01. The Hall–Kier alpha value is -2.41. The van der Waals surface area contributed by atoms with Crippen molar-refractivity contribution < 1.29 is 13.9 Å². The summed E-state index contributed by atoms with van der Waals surface area (Å²) in [6, 6.07) is 6.60. The monoisotopic (exact) mass is 324 g/mol. The number of carbonyl (C=O) groups excluding carboxylic acids is 1. The molecular formula is C14H14ClFN4O2. The van der Waals surface area contributed by atoms with Crippen LogP contribution in [0.1, 0.15) is 11.3 Å². The summed E-state index contributed by atoms with van der Waals surface area (Å²) in [5, 5.41) is 8.16. The number of ether oxygens (including phenoxy) is 1. The predicted molar refractivity (Wildman–Crippen MR) is 80.6 cm³/mol. The average Bonchev–Trinajstić information content (AvgIpc) is 2.73. The van der Waals surface area contributed by atoms with Crippen LogP contribution in [0.2, 0.25) is 5.02 Å². The van der Waals surface area contributed by atoms with Crippen LogP contribution in [0, 0.1) is 12.9 Å². The van der Waals surface area contributed by atoms with Gasteiger partial charge in [-0.15, -0.1) is 0 Å². The highest BCUT2D eigenvalue weighted by Crippen LogP contribution is 2.15. The van der Waals surface area contributed by atoms with Gasteiger partial charge in [-0.2, -0.15) is 14.6 Å². The highest BCUT2D eigenvalue weighted by Gasteiger charge is 2.10. The van der Waals surface area contributed by atoms with Crippen LogP contribution < -0.4 is 10.2 Å². The van der Waals surface area contributed by atoms with Crippen molar-refractivity contribution >= 4 is 23.7 Å². The van der Waals surface area contributed by atoms with Crippen molar-refractivity contribution in [1.82, 2.24) is 15.2 Å². The molecule has 0 saturated heterocycles. The van der Waals surface area contributed by atoms with Crippen molar-refractivity contribution in [3.63, 3.8) is 0 Å². The molecule has 0 aliphatic rings. The maximum atomic E-state index is 13.6. The van der Waals surface area contributed by atoms with Gasteiger partial charge in [0.05, 0.1) is 17.5 Å². The lowest BCUT2D eigenvalue weighted by molar-refractivity contribution is -0.123.